The smallest absolute Gasteiger partial charge is 0.138 e. The predicted molar refractivity (Wildman–Crippen MR) is 71.7 cm³/mol. The van der Waals surface area contributed by atoms with Gasteiger partial charge >= 0.3 is 0 Å². The zero-order chi connectivity index (χ0) is 13.2. The van der Waals surface area contributed by atoms with Gasteiger partial charge in [0.15, 0.2) is 0 Å². The van der Waals surface area contributed by atoms with Crippen molar-refractivity contribution in [2.24, 2.45) is 4.99 Å². The minimum Gasteiger partial charge on any atom is -0.286 e. The highest BCUT2D eigenvalue weighted by atomic mass is 15.3. The highest BCUT2D eigenvalue weighted by Gasteiger charge is 2.16. The van der Waals surface area contributed by atoms with E-state index in [9.17, 15) is 0 Å². The lowest BCUT2D eigenvalue weighted by atomic mass is 10.0. The minimum absolute atomic E-state index is 0.211. The van der Waals surface area contributed by atoms with Gasteiger partial charge < -0.3 is 0 Å². The van der Waals surface area contributed by atoms with E-state index >= 15 is 0 Å². The van der Waals surface area contributed by atoms with Crippen molar-refractivity contribution in [2.45, 2.75) is 25.9 Å². The summed E-state index contributed by atoms with van der Waals surface area (Å²) in [6.07, 6.45) is 8.10. The van der Waals surface area contributed by atoms with Crippen molar-refractivity contribution in [1.82, 2.24) is 14.8 Å². The number of hydrogen-bond acceptors (Lipinski definition) is 4. The molecular weight excluding hydrogens is 238 g/mol. The summed E-state index contributed by atoms with van der Waals surface area (Å²) < 4.78 is 1.72. The maximum Gasteiger partial charge on any atom is 0.138 e. The highest BCUT2D eigenvalue weighted by Crippen LogP contribution is 2.27. The summed E-state index contributed by atoms with van der Waals surface area (Å²) >= 11 is 0. The SMILES string of the molecule is CCC(C#N)n1cc(-c2ccnc3c2C=NC3)cn1. The molecule has 3 rings (SSSR count). The maximum atomic E-state index is 9.07. The van der Waals surface area contributed by atoms with Gasteiger partial charge in [0.05, 0.1) is 24.5 Å². The van der Waals surface area contributed by atoms with Gasteiger partial charge in [-0.15, -0.1) is 0 Å². The van der Waals surface area contributed by atoms with Crippen LogP contribution in [0.25, 0.3) is 11.1 Å². The van der Waals surface area contributed by atoms with Crippen LogP contribution in [0, 0.1) is 11.3 Å². The van der Waals surface area contributed by atoms with Crippen molar-refractivity contribution < 1.29 is 0 Å². The molecule has 0 radical (unpaired) electrons. The Labute approximate surface area is 111 Å². The lowest BCUT2D eigenvalue weighted by molar-refractivity contribution is 0.534. The molecule has 0 bridgehead atoms. The minimum atomic E-state index is -0.211. The molecule has 1 atom stereocenters. The molecule has 0 aromatic carbocycles. The fraction of sp³-hybridized carbons (Fsp3) is 0.286. The molecule has 2 aromatic heterocycles. The summed E-state index contributed by atoms with van der Waals surface area (Å²) in [7, 11) is 0. The fourth-order valence-electron chi connectivity index (χ4n) is 2.25. The van der Waals surface area contributed by atoms with E-state index in [0.717, 1.165) is 28.8 Å². The van der Waals surface area contributed by atoms with Crippen LogP contribution in [0.15, 0.2) is 29.6 Å². The molecule has 5 heteroatoms. The third kappa shape index (κ3) is 1.91. The van der Waals surface area contributed by atoms with E-state index in [4.69, 9.17) is 5.26 Å². The van der Waals surface area contributed by atoms with E-state index < -0.39 is 0 Å². The van der Waals surface area contributed by atoms with Gasteiger partial charge in [0.25, 0.3) is 0 Å². The van der Waals surface area contributed by atoms with Gasteiger partial charge in [-0.3, -0.25) is 14.7 Å². The number of nitrogens with zero attached hydrogens (tertiary/aromatic N) is 5. The Kier molecular flexibility index (Phi) is 2.84. The molecule has 19 heavy (non-hydrogen) atoms. The van der Waals surface area contributed by atoms with Crippen LogP contribution in [-0.2, 0) is 6.54 Å². The molecule has 0 saturated heterocycles. The van der Waals surface area contributed by atoms with E-state index in [1.165, 1.54) is 0 Å². The van der Waals surface area contributed by atoms with Gasteiger partial charge in [0, 0.05) is 29.7 Å². The van der Waals surface area contributed by atoms with Gasteiger partial charge in [-0.05, 0) is 18.1 Å². The van der Waals surface area contributed by atoms with Crippen molar-refractivity contribution in [3.8, 4) is 17.2 Å². The molecule has 0 saturated carbocycles. The maximum absolute atomic E-state index is 9.07. The van der Waals surface area contributed by atoms with Gasteiger partial charge in [0.1, 0.15) is 6.04 Å². The van der Waals surface area contributed by atoms with Crippen LogP contribution >= 0.6 is 0 Å². The van der Waals surface area contributed by atoms with Crippen molar-refractivity contribution in [1.29, 1.82) is 5.26 Å². The van der Waals surface area contributed by atoms with Crippen LogP contribution < -0.4 is 0 Å². The third-order valence-electron chi connectivity index (χ3n) is 3.30. The second-order valence-corrected chi connectivity index (χ2v) is 4.45. The lowest BCUT2D eigenvalue weighted by Gasteiger charge is -2.06. The van der Waals surface area contributed by atoms with Gasteiger partial charge in [0.2, 0.25) is 0 Å². The van der Waals surface area contributed by atoms with Gasteiger partial charge in [-0.25, -0.2) is 0 Å². The summed E-state index contributed by atoms with van der Waals surface area (Å²) in [5, 5.41) is 13.4. The van der Waals surface area contributed by atoms with Crippen LogP contribution in [0.5, 0.6) is 0 Å². The molecular formula is C14H13N5. The average molecular weight is 251 g/mol. The van der Waals surface area contributed by atoms with Crippen molar-refractivity contribution in [2.75, 3.05) is 0 Å². The Morgan fingerprint density at radius 2 is 2.42 bits per heavy atom. The van der Waals surface area contributed by atoms with E-state index in [-0.39, 0.29) is 6.04 Å². The number of pyridine rings is 1. The number of fused-ring (bicyclic) bond motifs is 1. The summed E-state index contributed by atoms with van der Waals surface area (Å²) in [6, 6.07) is 4.00. The Morgan fingerprint density at radius 1 is 1.53 bits per heavy atom. The number of aliphatic imine (C=N–C) groups is 1. The van der Waals surface area contributed by atoms with Crippen molar-refractivity contribution >= 4 is 6.21 Å². The lowest BCUT2D eigenvalue weighted by Crippen LogP contribution is -2.05. The Morgan fingerprint density at radius 3 is 3.21 bits per heavy atom. The quantitative estimate of drug-likeness (QED) is 0.840. The van der Waals surface area contributed by atoms with Crippen molar-refractivity contribution in [3.63, 3.8) is 0 Å². The second-order valence-electron chi connectivity index (χ2n) is 4.45. The Bertz CT molecular complexity index is 677. The van der Waals surface area contributed by atoms with E-state index in [1.54, 1.807) is 17.1 Å². The van der Waals surface area contributed by atoms with Crippen LogP contribution in [0.3, 0.4) is 0 Å². The molecule has 1 unspecified atom stereocenters. The van der Waals surface area contributed by atoms with Gasteiger partial charge in [-0.1, -0.05) is 6.92 Å². The molecule has 0 amide bonds. The molecule has 0 aliphatic carbocycles. The molecule has 5 nitrogen and oxygen atoms in total. The first-order valence-electron chi connectivity index (χ1n) is 6.25. The topological polar surface area (TPSA) is 66.9 Å². The van der Waals surface area contributed by atoms with Crippen LogP contribution in [0.4, 0.5) is 0 Å². The first kappa shape index (κ1) is 11.6. The highest BCUT2D eigenvalue weighted by molar-refractivity contribution is 5.93. The molecule has 3 heterocycles. The summed E-state index contributed by atoms with van der Waals surface area (Å²) in [5.74, 6) is 0. The largest absolute Gasteiger partial charge is 0.286 e. The normalized spacial score (nSPS) is 14.1. The Balaban J connectivity index is 2.03. The van der Waals surface area contributed by atoms with E-state index in [1.807, 2.05) is 25.4 Å². The number of aromatic nitrogens is 3. The second kappa shape index (κ2) is 4.65. The standard InChI is InChI=1S/C14H13N5/c1-2-11(5-15)19-9-10(6-18-19)12-3-4-17-14-8-16-7-13(12)14/h3-4,6-7,9,11H,2,8H2,1H3. The monoisotopic (exact) mass is 251 g/mol. The summed E-state index contributed by atoms with van der Waals surface area (Å²) in [5.41, 5.74) is 4.13. The number of hydrogen-bond donors (Lipinski definition) is 0. The molecule has 0 spiro atoms. The molecule has 1 aliphatic rings. The first-order chi connectivity index (χ1) is 9.33. The number of rotatable bonds is 3. The third-order valence-corrected chi connectivity index (χ3v) is 3.30. The molecule has 2 aromatic rings. The molecule has 1 aliphatic heterocycles. The molecule has 0 fully saturated rings. The predicted octanol–water partition coefficient (Wildman–Crippen LogP) is 2.35. The molecule has 0 N–H and O–H groups in total. The fourth-order valence-corrected chi connectivity index (χ4v) is 2.25. The van der Waals surface area contributed by atoms with Crippen LogP contribution in [0.2, 0.25) is 0 Å². The zero-order valence-corrected chi connectivity index (χ0v) is 10.6. The van der Waals surface area contributed by atoms with Crippen molar-refractivity contribution in [3.05, 3.63) is 35.9 Å². The number of nitriles is 1. The zero-order valence-electron chi connectivity index (χ0n) is 10.6. The Hall–Kier alpha value is -2.48. The first-order valence-corrected chi connectivity index (χ1v) is 6.25. The summed E-state index contributed by atoms with van der Waals surface area (Å²) in [6.45, 7) is 2.62. The van der Waals surface area contributed by atoms with Crippen LogP contribution in [0.1, 0.15) is 30.6 Å². The van der Waals surface area contributed by atoms with Gasteiger partial charge in [-0.2, -0.15) is 10.4 Å². The molecule has 94 valence electrons. The van der Waals surface area contributed by atoms with E-state index in [0.29, 0.717) is 6.54 Å². The van der Waals surface area contributed by atoms with Crippen LogP contribution in [-0.4, -0.2) is 21.0 Å². The van der Waals surface area contributed by atoms with E-state index in [2.05, 4.69) is 21.1 Å². The summed E-state index contributed by atoms with van der Waals surface area (Å²) in [4.78, 5) is 8.56. The average Bonchev–Trinajstić information content (AvgIpc) is 3.08.